The molecule has 8 heteroatoms. The van der Waals surface area contributed by atoms with Crippen LogP contribution in [0.3, 0.4) is 0 Å². The number of allylic oxidation sites excluding steroid dienone is 2. The number of benzene rings is 1. The lowest BCUT2D eigenvalue weighted by molar-refractivity contribution is -0.142. The highest BCUT2D eigenvalue weighted by atomic mass is 35.5. The predicted octanol–water partition coefficient (Wildman–Crippen LogP) is 3.47. The van der Waals surface area contributed by atoms with E-state index < -0.39 is 17.4 Å². The summed E-state index contributed by atoms with van der Waals surface area (Å²) in [7, 11) is 4.85. The SMILES string of the molecule is COCCOC(=O)C1=C(C)N(C)C(C)=C(C(=O)OCCOC)C1(C)c1ccccc1Cl. The first-order chi connectivity index (χ1) is 14.7. The summed E-state index contributed by atoms with van der Waals surface area (Å²) in [4.78, 5) is 28.3. The van der Waals surface area contributed by atoms with Gasteiger partial charge in [0.25, 0.3) is 0 Å². The quantitative estimate of drug-likeness (QED) is 0.420. The number of methoxy groups -OCH3 is 2. The van der Waals surface area contributed by atoms with Crippen LogP contribution in [0.25, 0.3) is 0 Å². The highest BCUT2D eigenvalue weighted by Gasteiger charge is 2.50. The molecule has 31 heavy (non-hydrogen) atoms. The summed E-state index contributed by atoms with van der Waals surface area (Å²) >= 11 is 6.57. The number of nitrogens with zero attached hydrogens (tertiary/aromatic N) is 1. The van der Waals surface area contributed by atoms with Gasteiger partial charge in [0.05, 0.1) is 29.8 Å². The zero-order chi connectivity index (χ0) is 23.2. The van der Waals surface area contributed by atoms with Gasteiger partial charge in [-0.2, -0.15) is 0 Å². The van der Waals surface area contributed by atoms with E-state index in [9.17, 15) is 9.59 Å². The molecular weight excluding hydrogens is 422 g/mol. The number of ether oxygens (including phenoxy) is 4. The van der Waals surface area contributed by atoms with Crippen LogP contribution < -0.4 is 0 Å². The molecule has 0 fully saturated rings. The molecule has 0 aliphatic carbocycles. The van der Waals surface area contributed by atoms with Gasteiger partial charge in [-0.3, -0.25) is 0 Å². The van der Waals surface area contributed by atoms with Crippen molar-refractivity contribution in [2.24, 2.45) is 0 Å². The largest absolute Gasteiger partial charge is 0.460 e. The fourth-order valence-electron chi connectivity index (χ4n) is 3.86. The van der Waals surface area contributed by atoms with Crippen molar-refractivity contribution in [2.75, 3.05) is 47.7 Å². The van der Waals surface area contributed by atoms with Gasteiger partial charge >= 0.3 is 11.9 Å². The molecule has 0 N–H and O–H groups in total. The summed E-state index contributed by atoms with van der Waals surface area (Å²) in [6, 6.07) is 7.15. The molecule has 0 bridgehead atoms. The van der Waals surface area contributed by atoms with E-state index in [0.717, 1.165) is 0 Å². The van der Waals surface area contributed by atoms with Crippen molar-refractivity contribution >= 4 is 23.5 Å². The van der Waals surface area contributed by atoms with E-state index in [4.69, 9.17) is 30.5 Å². The van der Waals surface area contributed by atoms with Gasteiger partial charge in [-0.15, -0.1) is 0 Å². The van der Waals surface area contributed by atoms with Crippen LogP contribution in [-0.4, -0.2) is 64.5 Å². The van der Waals surface area contributed by atoms with Crippen molar-refractivity contribution in [3.05, 3.63) is 57.4 Å². The smallest absolute Gasteiger partial charge is 0.337 e. The van der Waals surface area contributed by atoms with Gasteiger partial charge in [-0.05, 0) is 32.4 Å². The Kier molecular flexibility index (Phi) is 8.68. The maximum atomic E-state index is 13.3. The normalized spacial score (nSPS) is 15.9. The minimum Gasteiger partial charge on any atom is -0.460 e. The number of carbonyl (C=O) groups excluding carboxylic acids is 2. The molecule has 1 heterocycles. The molecule has 0 aromatic heterocycles. The highest BCUT2D eigenvalue weighted by molar-refractivity contribution is 6.31. The van der Waals surface area contributed by atoms with Gasteiger partial charge in [-0.1, -0.05) is 29.8 Å². The van der Waals surface area contributed by atoms with Crippen LogP contribution in [0.4, 0.5) is 0 Å². The molecule has 170 valence electrons. The van der Waals surface area contributed by atoms with E-state index in [-0.39, 0.29) is 26.4 Å². The van der Waals surface area contributed by atoms with Crippen molar-refractivity contribution in [3.8, 4) is 0 Å². The zero-order valence-electron chi connectivity index (χ0n) is 18.9. The standard InChI is InChI=1S/C23H30ClNO6/c1-15-19(21(26)30-13-11-28-5)23(3,17-9-7-8-10-18(17)24)20(16(2)25(15)4)22(27)31-14-12-29-6/h7-10H,11-14H2,1-6H3. The number of hydrogen-bond acceptors (Lipinski definition) is 7. The monoisotopic (exact) mass is 451 g/mol. The second-order valence-electron chi connectivity index (χ2n) is 7.34. The minimum atomic E-state index is -1.19. The summed E-state index contributed by atoms with van der Waals surface area (Å²) in [5, 5.41) is 0.430. The van der Waals surface area contributed by atoms with Crippen LogP contribution in [-0.2, 0) is 34.0 Å². The third-order valence-corrected chi connectivity index (χ3v) is 5.92. The Bertz CT molecular complexity index is 846. The number of halogens is 1. The highest BCUT2D eigenvalue weighted by Crippen LogP contribution is 2.49. The molecule has 1 aliphatic rings. The van der Waals surface area contributed by atoms with Gasteiger partial charge in [0.1, 0.15) is 13.2 Å². The van der Waals surface area contributed by atoms with Gasteiger partial charge in [-0.25, -0.2) is 9.59 Å². The third-order valence-electron chi connectivity index (χ3n) is 5.59. The molecule has 1 aromatic carbocycles. The fraction of sp³-hybridized carbons (Fsp3) is 0.478. The molecule has 2 rings (SSSR count). The first kappa shape index (κ1) is 24.9. The Labute approximate surface area is 188 Å². The molecule has 0 saturated carbocycles. The Balaban J connectivity index is 2.69. The lowest BCUT2D eigenvalue weighted by Gasteiger charge is -2.42. The Morgan fingerprint density at radius 1 is 0.903 bits per heavy atom. The van der Waals surface area contributed by atoms with Crippen molar-refractivity contribution in [1.82, 2.24) is 4.90 Å². The second kappa shape index (κ2) is 10.8. The van der Waals surface area contributed by atoms with Gasteiger partial charge in [0.2, 0.25) is 0 Å². The Morgan fingerprint density at radius 2 is 1.35 bits per heavy atom. The zero-order valence-corrected chi connectivity index (χ0v) is 19.7. The lowest BCUT2D eigenvalue weighted by Crippen LogP contribution is -2.44. The maximum Gasteiger partial charge on any atom is 0.337 e. The Hall–Kier alpha value is -2.35. The van der Waals surface area contributed by atoms with Crippen molar-refractivity contribution in [1.29, 1.82) is 0 Å². The van der Waals surface area contributed by atoms with Gasteiger partial charge in [0.15, 0.2) is 0 Å². The van der Waals surface area contributed by atoms with E-state index in [1.165, 1.54) is 14.2 Å². The van der Waals surface area contributed by atoms with Crippen LogP contribution in [0.15, 0.2) is 46.8 Å². The summed E-state index contributed by atoms with van der Waals surface area (Å²) in [5.74, 6) is -1.09. The van der Waals surface area contributed by atoms with E-state index >= 15 is 0 Å². The van der Waals surface area contributed by atoms with Crippen LogP contribution in [0, 0.1) is 0 Å². The average molecular weight is 452 g/mol. The average Bonchev–Trinajstić information content (AvgIpc) is 2.73. The first-order valence-electron chi connectivity index (χ1n) is 9.95. The van der Waals surface area contributed by atoms with Crippen molar-refractivity contribution in [3.63, 3.8) is 0 Å². The van der Waals surface area contributed by atoms with Crippen molar-refractivity contribution < 1.29 is 28.5 Å². The fourth-order valence-corrected chi connectivity index (χ4v) is 4.18. The van der Waals surface area contributed by atoms with Gasteiger partial charge < -0.3 is 23.8 Å². The molecule has 1 aromatic rings. The van der Waals surface area contributed by atoms with Crippen LogP contribution in [0.2, 0.25) is 5.02 Å². The summed E-state index contributed by atoms with van der Waals surface area (Å²) in [6.45, 7) is 6.13. The summed E-state index contributed by atoms with van der Waals surface area (Å²) < 4.78 is 20.9. The van der Waals surface area contributed by atoms with E-state index in [1.54, 1.807) is 37.1 Å². The van der Waals surface area contributed by atoms with Crippen LogP contribution in [0.5, 0.6) is 0 Å². The molecule has 0 unspecified atom stereocenters. The molecule has 0 atom stereocenters. The van der Waals surface area contributed by atoms with Crippen LogP contribution >= 0.6 is 11.6 Å². The topological polar surface area (TPSA) is 74.3 Å². The van der Waals surface area contributed by atoms with E-state index in [2.05, 4.69) is 0 Å². The summed E-state index contributed by atoms with van der Waals surface area (Å²) in [5.41, 5.74) is 1.40. The molecule has 0 spiro atoms. The maximum absolute atomic E-state index is 13.3. The second-order valence-corrected chi connectivity index (χ2v) is 7.75. The number of esters is 2. The predicted molar refractivity (Wildman–Crippen MR) is 118 cm³/mol. The minimum absolute atomic E-state index is 0.0880. The molecule has 0 saturated heterocycles. The summed E-state index contributed by atoms with van der Waals surface area (Å²) in [6.07, 6.45) is 0. The van der Waals surface area contributed by atoms with Gasteiger partial charge in [0, 0.05) is 37.7 Å². The molecule has 7 nitrogen and oxygen atoms in total. The lowest BCUT2D eigenvalue weighted by atomic mass is 9.67. The Morgan fingerprint density at radius 3 is 1.77 bits per heavy atom. The molecule has 1 aliphatic heterocycles. The molecular formula is C23H30ClNO6. The number of carbonyl (C=O) groups is 2. The number of hydrogen-bond donors (Lipinski definition) is 0. The molecule has 0 amide bonds. The van der Waals surface area contributed by atoms with Crippen molar-refractivity contribution in [2.45, 2.75) is 26.2 Å². The molecule has 0 radical (unpaired) electrons. The van der Waals surface area contributed by atoms with E-state index in [0.29, 0.717) is 33.1 Å². The van der Waals surface area contributed by atoms with Crippen LogP contribution in [0.1, 0.15) is 26.3 Å². The number of rotatable bonds is 9. The third kappa shape index (κ3) is 4.95. The van der Waals surface area contributed by atoms with E-state index in [1.807, 2.05) is 19.9 Å². The first-order valence-corrected chi connectivity index (χ1v) is 10.3.